The van der Waals surface area contributed by atoms with Crippen LogP contribution in [0, 0.1) is 10.1 Å². The second-order valence-corrected chi connectivity index (χ2v) is 10.2. The van der Waals surface area contributed by atoms with Crippen LogP contribution in [0.2, 0.25) is 0 Å². The number of hydrogen-bond donors (Lipinski definition) is 1. The number of nitro benzene ring substituents is 1. The summed E-state index contributed by atoms with van der Waals surface area (Å²) in [6.07, 6.45) is 4.59. The largest absolute Gasteiger partial charge is 0.459 e. The average Bonchev–Trinajstić information content (AvgIpc) is 3.52. The zero-order valence-electron chi connectivity index (χ0n) is 18.9. The maximum absolute atomic E-state index is 13.6. The number of thiophene rings is 1. The Bertz CT molecular complexity index is 1210. The molecule has 7 nitrogen and oxygen atoms in total. The van der Waals surface area contributed by atoms with E-state index in [1.165, 1.54) is 12.1 Å². The molecular formula is C26H26N2O5S. The molecule has 2 aromatic rings. The van der Waals surface area contributed by atoms with E-state index < -0.39 is 16.8 Å². The molecular weight excluding hydrogens is 452 g/mol. The number of nitro groups is 1. The SMILES string of the molecule is CC1=C(C(=O)OC2CCCC2)[C@@H](c2cccc([N+](=O)[O-])c2)C2=C(C[C@@H](c3cccs3)CC2=O)N1. The molecule has 3 aliphatic rings. The van der Waals surface area contributed by atoms with Crippen LogP contribution in [0.15, 0.2) is 64.3 Å². The van der Waals surface area contributed by atoms with Crippen LogP contribution in [0.1, 0.15) is 67.7 Å². The van der Waals surface area contributed by atoms with Gasteiger partial charge in [-0.2, -0.15) is 0 Å². The van der Waals surface area contributed by atoms with E-state index in [4.69, 9.17) is 4.74 Å². The van der Waals surface area contributed by atoms with Crippen LogP contribution in [0.25, 0.3) is 0 Å². The molecule has 176 valence electrons. The molecule has 0 radical (unpaired) electrons. The molecule has 2 aliphatic carbocycles. The van der Waals surface area contributed by atoms with Gasteiger partial charge in [0.1, 0.15) is 6.10 Å². The molecule has 34 heavy (non-hydrogen) atoms. The van der Waals surface area contributed by atoms with Crippen molar-refractivity contribution in [3.63, 3.8) is 0 Å². The molecule has 0 unspecified atom stereocenters. The van der Waals surface area contributed by atoms with E-state index in [-0.39, 0.29) is 23.5 Å². The van der Waals surface area contributed by atoms with Crippen LogP contribution in [-0.4, -0.2) is 22.8 Å². The maximum atomic E-state index is 13.6. The minimum absolute atomic E-state index is 0.0395. The Balaban J connectivity index is 1.58. The number of ether oxygens (including phenoxy) is 1. The van der Waals surface area contributed by atoms with E-state index in [2.05, 4.69) is 5.32 Å². The van der Waals surface area contributed by atoms with E-state index in [1.807, 2.05) is 24.4 Å². The van der Waals surface area contributed by atoms with Gasteiger partial charge in [-0.3, -0.25) is 14.9 Å². The van der Waals surface area contributed by atoms with Crippen LogP contribution in [0.4, 0.5) is 5.69 Å². The van der Waals surface area contributed by atoms with Gasteiger partial charge in [0.15, 0.2) is 5.78 Å². The average molecular weight is 479 g/mol. The lowest BCUT2D eigenvalue weighted by Gasteiger charge is -2.36. The fourth-order valence-electron chi connectivity index (χ4n) is 5.41. The second-order valence-electron chi connectivity index (χ2n) is 9.20. The van der Waals surface area contributed by atoms with Crippen molar-refractivity contribution < 1.29 is 19.2 Å². The molecule has 5 rings (SSSR count). The smallest absolute Gasteiger partial charge is 0.337 e. The van der Waals surface area contributed by atoms with Gasteiger partial charge in [0, 0.05) is 52.2 Å². The van der Waals surface area contributed by atoms with Gasteiger partial charge in [-0.15, -0.1) is 11.3 Å². The number of benzene rings is 1. The zero-order chi connectivity index (χ0) is 23.8. The van der Waals surface area contributed by atoms with Gasteiger partial charge in [-0.05, 0) is 56.0 Å². The molecule has 0 amide bonds. The van der Waals surface area contributed by atoms with Gasteiger partial charge in [-0.1, -0.05) is 18.2 Å². The number of carbonyl (C=O) groups is 2. The maximum Gasteiger partial charge on any atom is 0.337 e. The quantitative estimate of drug-likeness (QED) is 0.346. The third-order valence-electron chi connectivity index (χ3n) is 6.98. The molecule has 1 aromatic carbocycles. The number of dihydropyridines is 1. The van der Waals surface area contributed by atoms with Crippen LogP contribution < -0.4 is 5.32 Å². The van der Waals surface area contributed by atoms with Crippen LogP contribution in [0.5, 0.6) is 0 Å². The monoisotopic (exact) mass is 478 g/mol. The fourth-order valence-corrected chi connectivity index (χ4v) is 6.24. The minimum Gasteiger partial charge on any atom is -0.459 e. The summed E-state index contributed by atoms with van der Waals surface area (Å²) in [5.74, 6) is -1.11. The molecule has 1 aliphatic heterocycles. The first-order valence-electron chi connectivity index (χ1n) is 11.6. The third kappa shape index (κ3) is 4.18. The van der Waals surface area contributed by atoms with E-state index in [9.17, 15) is 19.7 Å². The number of allylic oxidation sites excluding steroid dienone is 3. The van der Waals surface area contributed by atoms with Crippen molar-refractivity contribution >= 4 is 28.8 Å². The van der Waals surface area contributed by atoms with Crippen LogP contribution in [-0.2, 0) is 14.3 Å². The lowest BCUT2D eigenvalue weighted by Crippen LogP contribution is -2.36. The number of non-ortho nitro benzene ring substituents is 1. The number of rotatable bonds is 5. The first-order chi connectivity index (χ1) is 16.4. The predicted octanol–water partition coefficient (Wildman–Crippen LogP) is 5.50. The summed E-state index contributed by atoms with van der Waals surface area (Å²) in [6.45, 7) is 1.82. The summed E-state index contributed by atoms with van der Waals surface area (Å²) in [5, 5.41) is 16.8. The summed E-state index contributed by atoms with van der Waals surface area (Å²) in [7, 11) is 0. The predicted molar refractivity (Wildman–Crippen MR) is 128 cm³/mol. The first kappa shape index (κ1) is 22.5. The second kappa shape index (κ2) is 9.18. The fraction of sp³-hybridized carbons (Fsp3) is 0.385. The molecule has 2 atom stereocenters. The molecule has 8 heteroatoms. The van der Waals surface area contributed by atoms with Crippen molar-refractivity contribution in [2.45, 2.75) is 63.4 Å². The van der Waals surface area contributed by atoms with Gasteiger partial charge in [-0.25, -0.2) is 4.79 Å². The van der Waals surface area contributed by atoms with E-state index in [1.54, 1.807) is 23.5 Å². The lowest BCUT2D eigenvalue weighted by atomic mass is 9.72. The van der Waals surface area contributed by atoms with Crippen LogP contribution >= 0.6 is 11.3 Å². The van der Waals surface area contributed by atoms with Crippen molar-refractivity contribution in [2.75, 3.05) is 0 Å². The summed E-state index contributed by atoms with van der Waals surface area (Å²) in [6, 6.07) is 10.3. The highest BCUT2D eigenvalue weighted by atomic mass is 32.1. The summed E-state index contributed by atoms with van der Waals surface area (Å²) >= 11 is 1.63. The minimum atomic E-state index is -0.693. The molecule has 0 spiro atoms. The topological polar surface area (TPSA) is 98.5 Å². The molecule has 0 bridgehead atoms. The Hall–Kier alpha value is -3.26. The zero-order valence-corrected chi connectivity index (χ0v) is 19.7. The summed E-state index contributed by atoms with van der Waals surface area (Å²) in [4.78, 5) is 39.1. The number of ketones is 1. The Morgan fingerprint density at radius 3 is 2.68 bits per heavy atom. The lowest BCUT2D eigenvalue weighted by molar-refractivity contribution is -0.384. The highest BCUT2D eigenvalue weighted by molar-refractivity contribution is 7.10. The number of carbonyl (C=O) groups excluding carboxylic acids is 2. The highest BCUT2D eigenvalue weighted by Crippen LogP contribution is 2.47. The highest BCUT2D eigenvalue weighted by Gasteiger charge is 2.42. The molecule has 1 aromatic heterocycles. The van der Waals surface area contributed by atoms with Crippen molar-refractivity contribution in [2.24, 2.45) is 0 Å². The van der Waals surface area contributed by atoms with Gasteiger partial charge in [0.2, 0.25) is 0 Å². The Morgan fingerprint density at radius 2 is 1.97 bits per heavy atom. The summed E-state index contributed by atoms with van der Waals surface area (Å²) < 4.78 is 5.84. The van der Waals surface area contributed by atoms with E-state index in [0.29, 0.717) is 35.2 Å². The number of esters is 1. The van der Waals surface area contributed by atoms with Crippen LogP contribution in [0.3, 0.4) is 0 Å². The molecule has 2 heterocycles. The number of Topliss-reactive ketones (excluding diaryl/α,β-unsaturated/α-hetero) is 1. The molecule has 1 fully saturated rings. The summed E-state index contributed by atoms with van der Waals surface area (Å²) in [5.41, 5.74) is 2.81. The van der Waals surface area contributed by atoms with Crippen molar-refractivity contribution in [3.8, 4) is 0 Å². The van der Waals surface area contributed by atoms with Crippen molar-refractivity contribution in [3.05, 3.63) is 84.9 Å². The van der Waals surface area contributed by atoms with E-state index >= 15 is 0 Å². The molecule has 1 N–H and O–H groups in total. The molecule has 0 saturated heterocycles. The Morgan fingerprint density at radius 1 is 1.18 bits per heavy atom. The number of hydrogen-bond acceptors (Lipinski definition) is 7. The normalized spacial score (nSPS) is 23.0. The van der Waals surface area contributed by atoms with Gasteiger partial charge in [0.25, 0.3) is 5.69 Å². The van der Waals surface area contributed by atoms with E-state index in [0.717, 1.165) is 36.3 Å². The number of nitrogens with zero attached hydrogens (tertiary/aromatic N) is 1. The van der Waals surface area contributed by atoms with Crippen molar-refractivity contribution in [1.82, 2.24) is 5.32 Å². The van der Waals surface area contributed by atoms with Gasteiger partial charge < -0.3 is 10.1 Å². The Kier molecular flexibility index (Phi) is 6.08. The standard InChI is InChI=1S/C26H26N2O5S/c1-15-23(26(30)33-19-8-2-3-9-19)24(16-6-4-7-18(12-16)28(31)32)25-20(27-15)13-17(14-21(25)29)22-10-5-11-34-22/h4-7,10-12,17,19,24,27H,2-3,8-9,13-14H2,1H3/t17-,24-/m1/s1. The van der Waals surface area contributed by atoms with Gasteiger partial charge in [0.05, 0.1) is 10.5 Å². The number of nitrogens with one attached hydrogen (secondary N) is 1. The Labute approximate surface area is 201 Å². The van der Waals surface area contributed by atoms with Gasteiger partial charge >= 0.3 is 5.97 Å². The third-order valence-corrected chi connectivity index (χ3v) is 8.02. The first-order valence-corrected chi connectivity index (χ1v) is 12.5. The molecule has 1 saturated carbocycles. The van der Waals surface area contributed by atoms with Crippen molar-refractivity contribution in [1.29, 1.82) is 0 Å².